The molecule has 0 aliphatic carbocycles. The Balaban J connectivity index is 1.86. The Bertz CT molecular complexity index is 757. The Morgan fingerprint density at radius 2 is 1.70 bits per heavy atom. The SMILES string of the molecule is CN(C)c1ccc(-c2ccc(C(=O)N3CCCC3)c(=O)[nH]2)cc1. The molecule has 0 atom stereocenters. The van der Waals surface area contributed by atoms with Gasteiger partial charge >= 0.3 is 0 Å². The molecule has 1 aromatic carbocycles. The number of pyridine rings is 1. The summed E-state index contributed by atoms with van der Waals surface area (Å²) in [6.45, 7) is 1.48. The molecule has 2 heterocycles. The lowest BCUT2D eigenvalue weighted by molar-refractivity contribution is 0.0791. The minimum atomic E-state index is -0.323. The van der Waals surface area contributed by atoms with E-state index < -0.39 is 0 Å². The van der Waals surface area contributed by atoms with Crippen LogP contribution in [0.25, 0.3) is 11.3 Å². The van der Waals surface area contributed by atoms with Crippen molar-refractivity contribution < 1.29 is 4.79 Å². The number of rotatable bonds is 3. The first-order valence-electron chi connectivity index (χ1n) is 7.86. The Morgan fingerprint density at radius 1 is 1.04 bits per heavy atom. The number of carbonyl (C=O) groups excluding carboxylic acids is 1. The number of carbonyl (C=O) groups is 1. The fraction of sp³-hybridized carbons (Fsp3) is 0.333. The number of nitrogens with zero attached hydrogens (tertiary/aromatic N) is 2. The van der Waals surface area contributed by atoms with Crippen LogP contribution in [0.1, 0.15) is 23.2 Å². The van der Waals surface area contributed by atoms with Gasteiger partial charge in [-0.1, -0.05) is 12.1 Å². The molecule has 120 valence electrons. The number of hydrogen-bond acceptors (Lipinski definition) is 3. The molecule has 0 radical (unpaired) electrons. The zero-order chi connectivity index (χ0) is 16.4. The van der Waals surface area contributed by atoms with Gasteiger partial charge in [0.15, 0.2) is 0 Å². The number of hydrogen-bond donors (Lipinski definition) is 1. The van der Waals surface area contributed by atoms with Gasteiger partial charge in [-0.2, -0.15) is 0 Å². The third kappa shape index (κ3) is 3.13. The summed E-state index contributed by atoms with van der Waals surface area (Å²) in [6.07, 6.45) is 2.03. The van der Waals surface area contributed by atoms with Gasteiger partial charge in [0.25, 0.3) is 11.5 Å². The first-order chi connectivity index (χ1) is 11.1. The fourth-order valence-electron chi connectivity index (χ4n) is 2.84. The highest BCUT2D eigenvalue weighted by atomic mass is 16.2. The van der Waals surface area contributed by atoms with Gasteiger partial charge in [0, 0.05) is 38.6 Å². The van der Waals surface area contributed by atoms with Gasteiger partial charge < -0.3 is 14.8 Å². The zero-order valence-electron chi connectivity index (χ0n) is 13.5. The summed E-state index contributed by atoms with van der Waals surface area (Å²) < 4.78 is 0. The monoisotopic (exact) mass is 311 g/mol. The maximum Gasteiger partial charge on any atom is 0.261 e. The highest BCUT2D eigenvalue weighted by Gasteiger charge is 2.21. The summed E-state index contributed by atoms with van der Waals surface area (Å²) in [6, 6.07) is 11.4. The Hall–Kier alpha value is -2.56. The van der Waals surface area contributed by atoms with Crippen LogP contribution in [0, 0.1) is 0 Å². The number of amides is 1. The van der Waals surface area contributed by atoms with E-state index in [0.717, 1.165) is 42.9 Å². The van der Waals surface area contributed by atoms with Crippen molar-refractivity contribution in [1.29, 1.82) is 0 Å². The minimum Gasteiger partial charge on any atom is -0.378 e. The largest absolute Gasteiger partial charge is 0.378 e. The Morgan fingerprint density at radius 3 is 2.26 bits per heavy atom. The van der Waals surface area contributed by atoms with Gasteiger partial charge in [-0.3, -0.25) is 9.59 Å². The number of nitrogens with one attached hydrogen (secondary N) is 1. The summed E-state index contributed by atoms with van der Waals surface area (Å²) in [4.78, 5) is 31.2. The minimum absolute atomic E-state index is 0.168. The van der Waals surface area contributed by atoms with Gasteiger partial charge in [0.1, 0.15) is 5.56 Å². The average Bonchev–Trinajstić information content (AvgIpc) is 3.08. The summed E-state index contributed by atoms with van der Waals surface area (Å²) in [5.74, 6) is -0.168. The van der Waals surface area contributed by atoms with Crippen molar-refractivity contribution in [3.05, 3.63) is 52.3 Å². The third-order valence-electron chi connectivity index (χ3n) is 4.23. The van der Waals surface area contributed by atoms with E-state index in [4.69, 9.17) is 0 Å². The molecule has 1 amide bonds. The van der Waals surface area contributed by atoms with Crippen molar-refractivity contribution in [2.24, 2.45) is 0 Å². The molecule has 2 aromatic rings. The van der Waals surface area contributed by atoms with E-state index in [0.29, 0.717) is 0 Å². The van der Waals surface area contributed by atoms with Gasteiger partial charge in [-0.05, 0) is 42.7 Å². The second-order valence-electron chi connectivity index (χ2n) is 6.06. The second kappa shape index (κ2) is 6.28. The van der Waals surface area contributed by atoms with Gasteiger partial charge in [-0.25, -0.2) is 0 Å². The standard InChI is InChI=1S/C18H21N3O2/c1-20(2)14-7-5-13(6-8-14)16-10-9-15(17(22)19-16)18(23)21-11-3-4-12-21/h5-10H,3-4,11-12H2,1-2H3,(H,19,22). The van der Waals surface area contributed by atoms with Crippen molar-refractivity contribution >= 4 is 11.6 Å². The van der Waals surface area contributed by atoms with E-state index in [-0.39, 0.29) is 17.0 Å². The van der Waals surface area contributed by atoms with Crippen LogP contribution in [0.5, 0.6) is 0 Å². The third-order valence-corrected chi connectivity index (χ3v) is 4.23. The van der Waals surface area contributed by atoms with Crippen LogP contribution >= 0.6 is 0 Å². The number of anilines is 1. The molecule has 0 unspecified atom stereocenters. The maximum atomic E-state index is 12.3. The second-order valence-corrected chi connectivity index (χ2v) is 6.06. The van der Waals surface area contributed by atoms with Crippen molar-refractivity contribution in [3.63, 3.8) is 0 Å². The van der Waals surface area contributed by atoms with Crippen molar-refractivity contribution in [2.75, 3.05) is 32.1 Å². The van der Waals surface area contributed by atoms with Crippen molar-refractivity contribution in [3.8, 4) is 11.3 Å². The Labute approximate surface area is 135 Å². The highest BCUT2D eigenvalue weighted by Crippen LogP contribution is 2.20. The zero-order valence-corrected chi connectivity index (χ0v) is 13.5. The van der Waals surface area contributed by atoms with Crippen LogP contribution in [0.4, 0.5) is 5.69 Å². The molecule has 0 saturated carbocycles. The summed E-state index contributed by atoms with van der Waals surface area (Å²) >= 11 is 0. The molecule has 3 rings (SSSR count). The van der Waals surface area contributed by atoms with Gasteiger partial charge in [0.2, 0.25) is 0 Å². The summed E-state index contributed by atoms with van der Waals surface area (Å²) in [5, 5.41) is 0. The quantitative estimate of drug-likeness (QED) is 0.946. The normalized spacial score (nSPS) is 14.1. The number of H-pyrrole nitrogens is 1. The van der Waals surface area contributed by atoms with E-state index in [1.54, 1.807) is 17.0 Å². The maximum absolute atomic E-state index is 12.3. The molecule has 5 nitrogen and oxygen atoms in total. The number of benzene rings is 1. The Kier molecular flexibility index (Phi) is 4.19. The first kappa shape index (κ1) is 15.3. The summed E-state index contributed by atoms with van der Waals surface area (Å²) in [7, 11) is 3.96. The lowest BCUT2D eigenvalue weighted by Crippen LogP contribution is -2.32. The average molecular weight is 311 g/mol. The van der Waals surface area contributed by atoms with E-state index in [2.05, 4.69) is 4.98 Å². The van der Waals surface area contributed by atoms with Crippen LogP contribution in [-0.4, -0.2) is 43.0 Å². The predicted molar refractivity (Wildman–Crippen MR) is 92.0 cm³/mol. The molecule has 1 aliphatic rings. The van der Waals surface area contributed by atoms with E-state index in [1.807, 2.05) is 43.3 Å². The highest BCUT2D eigenvalue weighted by molar-refractivity contribution is 5.94. The van der Waals surface area contributed by atoms with E-state index in [9.17, 15) is 9.59 Å². The fourth-order valence-corrected chi connectivity index (χ4v) is 2.84. The van der Waals surface area contributed by atoms with Gasteiger partial charge in [-0.15, -0.1) is 0 Å². The van der Waals surface area contributed by atoms with Crippen LogP contribution in [0.3, 0.4) is 0 Å². The van der Waals surface area contributed by atoms with E-state index >= 15 is 0 Å². The van der Waals surface area contributed by atoms with Crippen LogP contribution < -0.4 is 10.5 Å². The van der Waals surface area contributed by atoms with Crippen molar-refractivity contribution in [2.45, 2.75) is 12.8 Å². The van der Waals surface area contributed by atoms with Crippen LogP contribution in [0.2, 0.25) is 0 Å². The lowest BCUT2D eigenvalue weighted by atomic mass is 10.1. The molecule has 23 heavy (non-hydrogen) atoms. The van der Waals surface area contributed by atoms with Crippen LogP contribution in [0.15, 0.2) is 41.2 Å². The topological polar surface area (TPSA) is 56.4 Å². The van der Waals surface area contributed by atoms with E-state index in [1.165, 1.54) is 0 Å². The smallest absolute Gasteiger partial charge is 0.261 e. The van der Waals surface area contributed by atoms with Gasteiger partial charge in [0.05, 0.1) is 0 Å². The lowest BCUT2D eigenvalue weighted by Gasteiger charge is -2.15. The molecular formula is C18H21N3O2. The number of aromatic amines is 1. The van der Waals surface area contributed by atoms with Crippen molar-refractivity contribution in [1.82, 2.24) is 9.88 Å². The predicted octanol–water partition coefficient (Wildman–Crippen LogP) is 2.34. The molecular weight excluding hydrogens is 290 g/mol. The summed E-state index contributed by atoms with van der Waals surface area (Å²) in [5.41, 5.74) is 2.64. The molecule has 1 N–H and O–H groups in total. The van der Waals surface area contributed by atoms with Crippen LogP contribution in [-0.2, 0) is 0 Å². The number of likely N-dealkylation sites (tertiary alicyclic amines) is 1. The molecule has 1 fully saturated rings. The first-order valence-corrected chi connectivity index (χ1v) is 7.86. The molecule has 5 heteroatoms. The molecule has 0 bridgehead atoms. The molecule has 0 spiro atoms. The number of aromatic nitrogens is 1. The molecule has 1 saturated heterocycles. The molecule has 1 aliphatic heterocycles. The molecule has 1 aromatic heterocycles.